The van der Waals surface area contributed by atoms with Gasteiger partial charge in [-0.3, -0.25) is 0 Å². The molecule has 2 aromatic rings. The molecular formula is C16H20N2O3S2. The smallest absolute Gasteiger partial charge is 0.256 e. The van der Waals surface area contributed by atoms with Gasteiger partial charge in [0.25, 0.3) is 10.0 Å². The van der Waals surface area contributed by atoms with Crippen LogP contribution >= 0.6 is 11.3 Å². The molecule has 0 aliphatic carbocycles. The molecule has 2 heterocycles. The van der Waals surface area contributed by atoms with Crippen LogP contribution in [0.15, 0.2) is 46.0 Å². The standard InChI is InChI=1S/C16H20N2O3S2/c1-21-15-7-8-22-16(15)23(19,20)18-10-13(9-17)14(11-18)12-5-3-2-4-6-12/h2-8,13-14H,9-11,17H2,1H3/t13-,14+/m1/s1. The Hall–Kier alpha value is -1.41. The van der Waals surface area contributed by atoms with Gasteiger partial charge in [0.2, 0.25) is 0 Å². The van der Waals surface area contributed by atoms with Crippen molar-refractivity contribution in [1.29, 1.82) is 0 Å². The van der Waals surface area contributed by atoms with Gasteiger partial charge >= 0.3 is 0 Å². The molecule has 0 spiro atoms. The summed E-state index contributed by atoms with van der Waals surface area (Å²) in [6.45, 7) is 1.36. The van der Waals surface area contributed by atoms with Crippen LogP contribution in [-0.4, -0.2) is 39.5 Å². The van der Waals surface area contributed by atoms with E-state index in [4.69, 9.17) is 10.5 Å². The molecule has 0 amide bonds. The van der Waals surface area contributed by atoms with E-state index in [1.54, 1.807) is 11.4 Å². The largest absolute Gasteiger partial charge is 0.494 e. The number of hydrogen-bond donors (Lipinski definition) is 1. The fourth-order valence-corrected chi connectivity index (χ4v) is 6.02. The fourth-order valence-electron chi connectivity index (χ4n) is 3.08. The highest BCUT2D eigenvalue weighted by molar-refractivity contribution is 7.91. The number of benzene rings is 1. The lowest BCUT2D eigenvalue weighted by Crippen LogP contribution is -2.29. The molecule has 124 valence electrons. The van der Waals surface area contributed by atoms with E-state index in [-0.39, 0.29) is 16.0 Å². The second kappa shape index (κ2) is 6.60. The van der Waals surface area contributed by atoms with Crippen LogP contribution < -0.4 is 10.5 Å². The molecule has 3 rings (SSSR count). The Labute approximate surface area is 140 Å². The number of nitrogens with zero attached hydrogens (tertiary/aromatic N) is 1. The highest BCUT2D eigenvalue weighted by atomic mass is 32.2. The third kappa shape index (κ3) is 3.01. The first kappa shape index (κ1) is 16.4. The molecule has 2 atom stereocenters. The zero-order valence-electron chi connectivity index (χ0n) is 12.9. The molecule has 23 heavy (non-hydrogen) atoms. The summed E-state index contributed by atoms with van der Waals surface area (Å²) in [7, 11) is -2.06. The highest BCUT2D eigenvalue weighted by Crippen LogP contribution is 2.38. The first-order valence-electron chi connectivity index (χ1n) is 7.44. The Kier molecular flexibility index (Phi) is 4.72. The number of ether oxygens (including phenoxy) is 1. The van der Waals surface area contributed by atoms with Gasteiger partial charge in [0.1, 0.15) is 5.75 Å². The van der Waals surface area contributed by atoms with E-state index in [2.05, 4.69) is 0 Å². The van der Waals surface area contributed by atoms with Crippen molar-refractivity contribution in [3.05, 3.63) is 47.3 Å². The summed E-state index contributed by atoms with van der Waals surface area (Å²) in [6.07, 6.45) is 0. The molecule has 0 radical (unpaired) electrons. The summed E-state index contributed by atoms with van der Waals surface area (Å²) in [5.74, 6) is 0.655. The van der Waals surface area contributed by atoms with Crippen LogP contribution in [-0.2, 0) is 10.0 Å². The van der Waals surface area contributed by atoms with Gasteiger partial charge in [-0.1, -0.05) is 30.3 Å². The van der Waals surface area contributed by atoms with Gasteiger partial charge in [-0.2, -0.15) is 4.31 Å². The maximum Gasteiger partial charge on any atom is 0.256 e. The van der Waals surface area contributed by atoms with Crippen LogP contribution in [0.4, 0.5) is 0 Å². The van der Waals surface area contributed by atoms with E-state index in [1.807, 2.05) is 30.3 Å². The molecule has 1 saturated heterocycles. The number of rotatable bonds is 5. The van der Waals surface area contributed by atoms with Gasteiger partial charge in [0, 0.05) is 19.0 Å². The van der Waals surface area contributed by atoms with E-state index >= 15 is 0 Å². The zero-order chi connectivity index (χ0) is 16.4. The van der Waals surface area contributed by atoms with Gasteiger partial charge in [-0.15, -0.1) is 11.3 Å². The monoisotopic (exact) mass is 352 g/mol. The topological polar surface area (TPSA) is 72.6 Å². The lowest BCUT2D eigenvalue weighted by atomic mass is 9.89. The van der Waals surface area contributed by atoms with Crippen molar-refractivity contribution >= 4 is 21.4 Å². The summed E-state index contributed by atoms with van der Waals surface area (Å²) in [5, 5.41) is 1.73. The van der Waals surface area contributed by atoms with E-state index in [1.165, 1.54) is 22.8 Å². The third-order valence-electron chi connectivity index (χ3n) is 4.33. The Balaban J connectivity index is 1.90. The van der Waals surface area contributed by atoms with Gasteiger partial charge in [-0.25, -0.2) is 8.42 Å². The lowest BCUT2D eigenvalue weighted by molar-refractivity contribution is 0.402. The minimum atomic E-state index is -3.55. The second-order valence-electron chi connectivity index (χ2n) is 5.61. The van der Waals surface area contributed by atoms with Crippen LogP contribution in [0.2, 0.25) is 0 Å². The van der Waals surface area contributed by atoms with Crippen LogP contribution in [0, 0.1) is 5.92 Å². The van der Waals surface area contributed by atoms with Gasteiger partial charge in [0.15, 0.2) is 4.21 Å². The SMILES string of the molecule is COc1ccsc1S(=O)(=O)N1C[C@@H](CN)[C@H](c2ccccc2)C1. The predicted molar refractivity (Wildman–Crippen MR) is 91.4 cm³/mol. The zero-order valence-corrected chi connectivity index (χ0v) is 14.5. The Morgan fingerprint density at radius 3 is 2.65 bits per heavy atom. The van der Waals surface area contributed by atoms with Crippen molar-refractivity contribution in [3.63, 3.8) is 0 Å². The molecule has 2 N–H and O–H groups in total. The predicted octanol–water partition coefficient (Wildman–Crippen LogP) is 2.12. The molecule has 0 saturated carbocycles. The number of hydrogen-bond acceptors (Lipinski definition) is 5. The van der Waals surface area contributed by atoms with Crippen molar-refractivity contribution in [2.45, 2.75) is 10.1 Å². The van der Waals surface area contributed by atoms with Gasteiger partial charge in [0.05, 0.1) is 7.11 Å². The van der Waals surface area contributed by atoms with Crippen molar-refractivity contribution in [2.24, 2.45) is 11.7 Å². The fraction of sp³-hybridized carbons (Fsp3) is 0.375. The molecule has 0 unspecified atom stereocenters. The number of nitrogens with two attached hydrogens (primary N) is 1. The van der Waals surface area contributed by atoms with Crippen LogP contribution in [0.1, 0.15) is 11.5 Å². The molecule has 7 heteroatoms. The van der Waals surface area contributed by atoms with Crippen molar-refractivity contribution in [1.82, 2.24) is 4.31 Å². The minimum absolute atomic E-state index is 0.123. The van der Waals surface area contributed by atoms with E-state index in [0.29, 0.717) is 25.4 Å². The van der Waals surface area contributed by atoms with Crippen molar-refractivity contribution in [2.75, 3.05) is 26.7 Å². The van der Waals surface area contributed by atoms with Gasteiger partial charge in [-0.05, 0) is 29.5 Å². The summed E-state index contributed by atoms with van der Waals surface area (Å²) >= 11 is 1.19. The maximum atomic E-state index is 12.9. The van der Waals surface area contributed by atoms with Crippen LogP contribution in [0.25, 0.3) is 0 Å². The number of thiophene rings is 1. The lowest BCUT2D eigenvalue weighted by Gasteiger charge is -2.16. The Morgan fingerprint density at radius 1 is 1.26 bits per heavy atom. The highest BCUT2D eigenvalue weighted by Gasteiger charge is 2.40. The molecule has 1 aromatic heterocycles. The average molecular weight is 352 g/mol. The molecule has 0 bridgehead atoms. The van der Waals surface area contributed by atoms with Crippen molar-refractivity contribution in [3.8, 4) is 5.75 Å². The second-order valence-corrected chi connectivity index (χ2v) is 8.66. The van der Waals surface area contributed by atoms with Crippen LogP contribution in [0.3, 0.4) is 0 Å². The van der Waals surface area contributed by atoms with Gasteiger partial charge < -0.3 is 10.5 Å². The summed E-state index contributed by atoms with van der Waals surface area (Å²) in [6, 6.07) is 11.7. The summed E-state index contributed by atoms with van der Waals surface area (Å²) in [5.41, 5.74) is 7.04. The summed E-state index contributed by atoms with van der Waals surface area (Å²) in [4.78, 5) is 0. The van der Waals surface area contributed by atoms with Crippen molar-refractivity contribution < 1.29 is 13.2 Å². The minimum Gasteiger partial charge on any atom is -0.494 e. The normalized spacial score (nSPS) is 22.3. The maximum absolute atomic E-state index is 12.9. The number of methoxy groups -OCH3 is 1. The van der Waals surface area contributed by atoms with E-state index in [0.717, 1.165) is 5.56 Å². The first-order valence-corrected chi connectivity index (χ1v) is 9.76. The Morgan fingerprint density at radius 2 is 2.00 bits per heavy atom. The molecule has 1 aromatic carbocycles. The summed E-state index contributed by atoms with van der Waals surface area (Å²) < 4.78 is 32.8. The first-order chi connectivity index (χ1) is 11.1. The number of sulfonamides is 1. The molecule has 1 fully saturated rings. The van der Waals surface area contributed by atoms with E-state index < -0.39 is 10.0 Å². The molecule has 1 aliphatic heterocycles. The molecule has 1 aliphatic rings. The quantitative estimate of drug-likeness (QED) is 0.895. The molecular weight excluding hydrogens is 332 g/mol. The van der Waals surface area contributed by atoms with E-state index in [9.17, 15) is 8.42 Å². The third-order valence-corrected chi connectivity index (χ3v) is 7.58. The average Bonchev–Trinajstić information content (AvgIpc) is 3.22. The molecule has 5 nitrogen and oxygen atoms in total. The Bertz CT molecular complexity index is 759. The van der Waals surface area contributed by atoms with Crippen LogP contribution in [0.5, 0.6) is 5.75 Å².